The molecule has 2 aromatic carbocycles. The van der Waals surface area contributed by atoms with Crippen LogP contribution in [0.2, 0.25) is 0 Å². The number of sulfonamides is 1. The van der Waals surface area contributed by atoms with Crippen molar-refractivity contribution in [2.24, 2.45) is 5.14 Å². The second kappa shape index (κ2) is 7.00. The summed E-state index contributed by atoms with van der Waals surface area (Å²) in [7, 11) is -2.17. The topological polar surface area (TPSA) is 80.5 Å². The fraction of sp³-hybridized carbons (Fsp3) is 0.188. The van der Waals surface area contributed by atoms with Gasteiger partial charge in [-0.15, -0.1) is 0 Å². The minimum absolute atomic E-state index is 0.00138. The van der Waals surface area contributed by atoms with Crippen LogP contribution in [0.1, 0.15) is 28.9 Å². The molecule has 0 fully saturated rings. The standard InChI is InChI=1S/C16H16BrFN2O3S/c1-10(11-3-5-15(6-4-11)24(19,22)23)20(2)16(21)12-7-13(17)9-14(18)8-12/h3-10H,1-2H3,(H2,19,22,23). The molecule has 0 saturated carbocycles. The van der Waals surface area contributed by atoms with Gasteiger partial charge in [0.05, 0.1) is 10.9 Å². The van der Waals surface area contributed by atoms with Gasteiger partial charge in [0.15, 0.2) is 0 Å². The maximum absolute atomic E-state index is 13.5. The van der Waals surface area contributed by atoms with Crippen LogP contribution >= 0.6 is 15.9 Å². The van der Waals surface area contributed by atoms with E-state index >= 15 is 0 Å². The summed E-state index contributed by atoms with van der Waals surface area (Å²) in [5.74, 6) is -0.857. The van der Waals surface area contributed by atoms with Gasteiger partial charge in [0.25, 0.3) is 5.91 Å². The van der Waals surface area contributed by atoms with Crippen LogP contribution in [0.4, 0.5) is 4.39 Å². The van der Waals surface area contributed by atoms with E-state index in [4.69, 9.17) is 5.14 Å². The van der Waals surface area contributed by atoms with E-state index in [9.17, 15) is 17.6 Å². The summed E-state index contributed by atoms with van der Waals surface area (Å²) < 4.78 is 36.5. The van der Waals surface area contributed by atoms with E-state index in [-0.39, 0.29) is 22.4 Å². The Labute approximate surface area is 148 Å². The van der Waals surface area contributed by atoms with Crippen molar-refractivity contribution in [2.75, 3.05) is 7.05 Å². The molecule has 1 amide bonds. The number of nitrogens with zero attached hydrogens (tertiary/aromatic N) is 1. The molecular formula is C16H16BrFN2O3S. The predicted octanol–water partition coefficient (Wildman–Crippen LogP) is 3.07. The average Bonchev–Trinajstić information content (AvgIpc) is 2.51. The van der Waals surface area contributed by atoms with E-state index in [1.54, 1.807) is 32.2 Å². The smallest absolute Gasteiger partial charge is 0.254 e. The fourth-order valence-electron chi connectivity index (χ4n) is 2.22. The summed E-state index contributed by atoms with van der Waals surface area (Å²) in [6.07, 6.45) is 0. The molecule has 0 heterocycles. The molecule has 0 radical (unpaired) electrons. The number of benzene rings is 2. The van der Waals surface area contributed by atoms with Gasteiger partial charge in [-0.25, -0.2) is 17.9 Å². The Balaban J connectivity index is 2.25. The lowest BCUT2D eigenvalue weighted by Crippen LogP contribution is -2.29. The summed E-state index contributed by atoms with van der Waals surface area (Å²) in [4.78, 5) is 14.0. The van der Waals surface area contributed by atoms with Crippen LogP contribution < -0.4 is 5.14 Å². The van der Waals surface area contributed by atoms with Crippen LogP contribution in [-0.2, 0) is 10.0 Å². The Morgan fingerprint density at radius 3 is 2.29 bits per heavy atom. The molecule has 2 rings (SSSR count). The predicted molar refractivity (Wildman–Crippen MR) is 92.4 cm³/mol. The van der Waals surface area contributed by atoms with Gasteiger partial charge >= 0.3 is 0 Å². The normalized spacial score (nSPS) is 12.7. The molecular weight excluding hydrogens is 399 g/mol. The molecule has 128 valence electrons. The van der Waals surface area contributed by atoms with E-state index in [1.165, 1.54) is 29.2 Å². The molecule has 5 nitrogen and oxygen atoms in total. The van der Waals surface area contributed by atoms with Gasteiger partial charge in [-0.3, -0.25) is 4.79 Å². The lowest BCUT2D eigenvalue weighted by Gasteiger charge is -2.25. The number of hydrogen-bond acceptors (Lipinski definition) is 3. The summed E-state index contributed by atoms with van der Waals surface area (Å²) in [6.45, 7) is 1.79. The van der Waals surface area contributed by atoms with Crippen molar-refractivity contribution in [3.8, 4) is 0 Å². The molecule has 0 bridgehead atoms. The highest BCUT2D eigenvalue weighted by atomic mass is 79.9. The first kappa shape index (κ1) is 18.6. The molecule has 0 saturated heterocycles. The first-order valence-corrected chi connectivity index (χ1v) is 9.29. The van der Waals surface area contributed by atoms with Crippen LogP contribution in [0.15, 0.2) is 51.8 Å². The molecule has 0 spiro atoms. The number of halogens is 2. The SMILES string of the molecule is CC(c1ccc(S(N)(=O)=O)cc1)N(C)C(=O)c1cc(F)cc(Br)c1. The Morgan fingerprint density at radius 1 is 1.21 bits per heavy atom. The number of nitrogens with two attached hydrogens (primary N) is 1. The van der Waals surface area contributed by atoms with Gasteiger partial charge in [-0.05, 0) is 42.8 Å². The highest BCUT2D eigenvalue weighted by Crippen LogP contribution is 2.23. The number of amides is 1. The Bertz CT molecular complexity index is 849. The van der Waals surface area contributed by atoms with E-state index in [0.29, 0.717) is 4.47 Å². The van der Waals surface area contributed by atoms with Crippen molar-refractivity contribution in [1.82, 2.24) is 4.90 Å². The number of carbonyl (C=O) groups excluding carboxylic acids is 1. The summed E-state index contributed by atoms with van der Waals surface area (Å²) in [6, 6.07) is 9.60. The fourth-order valence-corrected chi connectivity index (χ4v) is 3.20. The second-order valence-corrected chi connectivity index (χ2v) is 7.84. The lowest BCUT2D eigenvalue weighted by molar-refractivity contribution is 0.0742. The van der Waals surface area contributed by atoms with Crippen molar-refractivity contribution in [2.45, 2.75) is 17.9 Å². The Kier molecular flexibility index (Phi) is 5.42. The first-order valence-electron chi connectivity index (χ1n) is 6.95. The largest absolute Gasteiger partial charge is 0.335 e. The monoisotopic (exact) mass is 414 g/mol. The number of carbonyl (C=O) groups is 1. The molecule has 0 aliphatic rings. The molecule has 2 aromatic rings. The van der Waals surface area contributed by atoms with Crippen molar-refractivity contribution in [3.63, 3.8) is 0 Å². The summed E-state index contributed by atoms with van der Waals surface area (Å²) in [5.41, 5.74) is 0.950. The zero-order chi connectivity index (χ0) is 18.1. The molecule has 8 heteroatoms. The van der Waals surface area contributed by atoms with Gasteiger partial charge in [0.2, 0.25) is 10.0 Å². The van der Waals surface area contributed by atoms with Crippen LogP contribution in [0.5, 0.6) is 0 Å². The maximum atomic E-state index is 13.5. The molecule has 24 heavy (non-hydrogen) atoms. The van der Waals surface area contributed by atoms with Gasteiger partial charge in [0, 0.05) is 17.1 Å². The molecule has 0 aliphatic heterocycles. The van der Waals surface area contributed by atoms with E-state index in [0.717, 1.165) is 5.56 Å². The van der Waals surface area contributed by atoms with Gasteiger partial charge in [-0.1, -0.05) is 28.1 Å². The Hall–Kier alpha value is -1.77. The van der Waals surface area contributed by atoms with Crippen molar-refractivity contribution < 1.29 is 17.6 Å². The van der Waals surface area contributed by atoms with Gasteiger partial charge in [0.1, 0.15) is 5.82 Å². The minimum atomic E-state index is -3.76. The van der Waals surface area contributed by atoms with E-state index in [2.05, 4.69) is 15.9 Å². The maximum Gasteiger partial charge on any atom is 0.254 e. The highest BCUT2D eigenvalue weighted by molar-refractivity contribution is 9.10. The zero-order valence-electron chi connectivity index (χ0n) is 13.0. The van der Waals surface area contributed by atoms with Crippen LogP contribution in [0.25, 0.3) is 0 Å². The third kappa shape index (κ3) is 4.19. The summed E-state index contributed by atoms with van der Waals surface area (Å²) >= 11 is 3.16. The van der Waals surface area contributed by atoms with Crippen molar-refractivity contribution >= 4 is 31.9 Å². The highest BCUT2D eigenvalue weighted by Gasteiger charge is 2.20. The lowest BCUT2D eigenvalue weighted by atomic mass is 10.1. The Morgan fingerprint density at radius 2 is 1.79 bits per heavy atom. The molecule has 0 aliphatic carbocycles. The summed E-state index contributed by atoms with van der Waals surface area (Å²) in [5, 5.41) is 5.06. The van der Waals surface area contributed by atoms with Gasteiger partial charge < -0.3 is 4.90 Å². The van der Waals surface area contributed by atoms with Crippen LogP contribution in [0.3, 0.4) is 0 Å². The first-order chi connectivity index (χ1) is 11.1. The number of rotatable bonds is 4. The van der Waals surface area contributed by atoms with E-state index in [1.807, 2.05) is 0 Å². The van der Waals surface area contributed by atoms with Crippen molar-refractivity contribution in [3.05, 3.63) is 63.9 Å². The van der Waals surface area contributed by atoms with Crippen molar-refractivity contribution in [1.29, 1.82) is 0 Å². The number of primary sulfonamides is 1. The third-order valence-electron chi connectivity index (χ3n) is 3.70. The molecule has 1 atom stereocenters. The molecule has 1 unspecified atom stereocenters. The van der Waals surface area contributed by atoms with Crippen LogP contribution in [0, 0.1) is 5.82 Å². The van der Waals surface area contributed by atoms with E-state index < -0.39 is 15.8 Å². The van der Waals surface area contributed by atoms with Crippen LogP contribution in [-0.4, -0.2) is 26.3 Å². The third-order valence-corrected chi connectivity index (χ3v) is 5.09. The zero-order valence-corrected chi connectivity index (χ0v) is 15.4. The minimum Gasteiger partial charge on any atom is -0.335 e. The number of hydrogen-bond donors (Lipinski definition) is 1. The molecule has 0 aromatic heterocycles. The average molecular weight is 415 g/mol. The van der Waals surface area contributed by atoms with Gasteiger partial charge in [-0.2, -0.15) is 0 Å². The quantitative estimate of drug-likeness (QED) is 0.834. The molecule has 2 N–H and O–H groups in total. The second-order valence-electron chi connectivity index (χ2n) is 5.36.